The lowest BCUT2D eigenvalue weighted by molar-refractivity contribution is -0.292. The molecule has 1 nitrogen and oxygen atoms in total. The van der Waals surface area contributed by atoms with Crippen molar-refractivity contribution in [3.8, 4) is 0 Å². The van der Waals surface area contributed by atoms with E-state index in [0.717, 1.165) is 13.1 Å². The van der Waals surface area contributed by atoms with Crippen LogP contribution in [0.15, 0.2) is 18.2 Å². The third-order valence-electron chi connectivity index (χ3n) is 2.67. The fourth-order valence-corrected chi connectivity index (χ4v) is 2.25. The first-order valence-corrected chi connectivity index (χ1v) is 6.00. The minimum atomic E-state index is -5.47. The van der Waals surface area contributed by atoms with Gasteiger partial charge in [-0.15, -0.1) is 0 Å². The van der Waals surface area contributed by atoms with Crippen molar-refractivity contribution in [1.82, 2.24) is 5.32 Å². The summed E-state index contributed by atoms with van der Waals surface area (Å²) in [5.74, 6) is -3.59. The Morgan fingerprint density at radius 3 is 1.90 bits per heavy atom. The Bertz CT molecular complexity index is 457. The summed E-state index contributed by atoms with van der Waals surface area (Å²) in [7, 11) is 0.992. The van der Waals surface area contributed by atoms with E-state index in [1.54, 1.807) is 0 Å². The van der Waals surface area contributed by atoms with Gasteiger partial charge in [0.15, 0.2) is 5.92 Å². The van der Waals surface area contributed by atoms with Crippen LogP contribution in [-0.4, -0.2) is 19.4 Å². The molecule has 114 valence electrons. The van der Waals surface area contributed by atoms with Crippen LogP contribution < -0.4 is 5.32 Å². The second kappa shape index (κ2) is 5.99. The number of alkyl halides is 6. The molecule has 0 bridgehead atoms. The standard InChI is InChI=1S/C11H9Cl2F6N/c1-20-8(5-3-2-4-6(12)7(5)13)9(10(14,15)16)11(17,18)19/h2-4,8-9,20H,1H3. The molecule has 0 amide bonds. The molecule has 0 aliphatic rings. The van der Waals surface area contributed by atoms with Crippen molar-refractivity contribution >= 4 is 23.2 Å². The summed E-state index contributed by atoms with van der Waals surface area (Å²) < 4.78 is 76.4. The zero-order valence-electron chi connectivity index (χ0n) is 9.91. The molecule has 0 saturated heterocycles. The molecule has 1 aromatic rings. The topological polar surface area (TPSA) is 12.0 Å². The van der Waals surface area contributed by atoms with Crippen molar-refractivity contribution in [2.45, 2.75) is 18.4 Å². The maximum atomic E-state index is 12.7. The molecule has 0 aliphatic carbocycles. The van der Waals surface area contributed by atoms with Gasteiger partial charge >= 0.3 is 12.4 Å². The molecule has 1 rings (SSSR count). The Labute approximate surface area is 120 Å². The Kier molecular flexibility index (Phi) is 5.21. The van der Waals surface area contributed by atoms with Gasteiger partial charge in [0.05, 0.1) is 16.1 Å². The zero-order chi connectivity index (χ0) is 15.7. The second-order valence-corrected chi connectivity index (χ2v) is 4.76. The molecule has 20 heavy (non-hydrogen) atoms. The molecule has 1 aromatic carbocycles. The molecule has 1 atom stereocenters. The number of hydrogen-bond donors (Lipinski definition) is 1. The molecule has 1 unspecified atom stereocenters. The minimum absolute atomic E-state index is 0.118. The average Bonchev–Trinajstić information content (AvgIpc) is 2.26. The molecule has 0 fully saturated rings. The predicted molar refractivity (Wildman–Crippen MR) is 63.9 cm³/mol. The highest BCUT2D eigenvalue weighted by Gasteiger charge is 2.60. The number of benzene rings is 1. The van der Waals surface area contributed by atoms with Gasteiger partial charge in [0.25, 0.3) is 0 Å². The monoisotopic (exact) mass is 339 g/mol. The molecule has 1 N–H and O–H groups in total. The molecule has 0 aliphatic heterocycles. The van der Waals surface area contributed by atoms with Crippen LogP contribution in [-0.2, 0) is 0 Å². The quantitative estimate of drug-likeness (QED) is 0.764. The molecular formula is C11H9Cl2F6N. The van der Waals surface area contributed by atoms with Gasteiger partial charge in [-0.25, -0.2) is 0 Å². The Morgan fingerprint density at radius 1 is 1.00 bits per heavy atom. The zero-order valence-corrected chi connectivity index (χ0v) is 11.4. The first-order chi connectivity index (χ1) is 9.00. The highest BCUT2D eigenvalue weighted by molar-refractivity contribution is 6.42. The van der Waals surface area contributed by atoms with E-state index in [1.807, 2.05) is 5.32 Å². The van der Waals surface area contributed by atoms with E-state index in [1.165, 1.54) is 12.1 Å². The molecule has 0 spiro atoms. The second-order valence-electron chi connectivity index (χ2n) is 3.97. The lowest BCUT2D eigenvalue weighted by Gasteiger charge is -2.31. The van der Waals surface area contributed by atoms with Gasteiger partial charge in [-0.05, 0) is 18.7 Å². The Hall–Kier alpha value is -0.660. The van der Waals surface area contributed by atoms with Crippen LogP contribution in [0.2, 0.25) is 10.0 Å². The van der Waals surface area contributed by atoms with E-state index < -0.39 is 24.3 Å². The fraction of sp³-hybridized carbons (Fsp3) is 0.455. The highest BCUT2D eigenvalue weighted by atomic mass is 35.5. The van der Waals surface area contributed by atoms with Gasteiger partial charge in [-0.3, -0.25) is 0 Å². The van der Waals surface area contributed by atoms with E-state index in [4.69, 9.17) is 23.2 Å². The van der Waals surface area contributed by atoms with Gasteiger partial charge in [-0.2, -0.15) is 26.3 Å². The molecule has 9 heteroatoms. The molecular weight excluding hydrogens is 331 g/mol. The predicted octanol–water partition coefficient (Wildman–Crippen LogP) is 4.99. The largest absolute Gasteiger partial charge is 0.402 e. The summed E-state index contributed by atoms with van der Waals surface area (Å²) in [5, 5.41) is 1.56. The number of halogens is 8. The van der Waals surface area contributed by atoms with E-state index in [2.05, 4.69) is 0 Å². The van der Waals surface area contributed by atoms with Crippen LogP contribution in [0.4, 0.5) is 26.3 Å². The van der Waals surface area contributed by atoms with Crippen molar-refractivity contribution in [2.75, 3.05) is 7.05 Å². The van der Waals surface area contributed by atoms with Gasteiger partial charge in [0.2, 0.25) is 0 Å². The van der Waals surface area contributed by atoms with E-state index in [-0.39, 0.29) is 15.6 Å². The Balaban J connectivity index is 3.39. The highest BCUT2D eigenvalue weighted by Crippen LogP contribution is 2.48. The molecule has 0 heterocycles. The summed E-state index contributed by atoms with van der Waals surface area (Å²) >= 11 is 11.3. The first kappa shape index (κ1) is 17.4. The SMILES string of the molecule is CNC(c1cccc(Cl)c1Cl)C(C(F)(F)F)C(F)(F)F. The number of nitrogens with one attached hydrogen (secondary N) is 1. The summed E-state index contributed by atoms with van der Waals surface area (Å²) in [4.78, 5) is 0. The normalized spacial score (nSPS) is 14.7. The van der Waals surface area contributed by atoms with Crippen LogP contribution in [0.1, 0.15) is 11.6 Å². The maximum Gasteiger partial charge on any atom is 0.402 e. The summed E-state index contributed by atoms with van der Waals surface area (Å²) in [6.07, 6.45) is -10.9. The summed E-state index contributed by atoms with van der Waals surface area (Å²) in [6.45, 7) is 0. The third kappa shape index (κ3) is 3.71. The van der Waals surface area contributed by atoms with Crippen molar-refractivity contribution < 1.29 is 26.3 Å². The van der Waals surface area contributed by atoms with Crippen LogP contribution >= 0.6 is 23.2 Å². The van der Waals surface area contributed by atoms with Crippen LogP contribution in [0.25, 0.3) is 0 Å². The van der Waals surface area contributed by atoms with E-state index >= 15 is 0 Å². The van der Waals surface area contributed by atoms with Gasteiger partial charge in [0.1, 0.15) is 0 Å². The van der Waals surface area contributed by atoms with Crippen LogP contribution in [0, 0.1) is 5.92 Å². The fourth-order valence-electron chi connectivity index (χ4n) is 1.83. The van der Waals surface area contributed by atoms with Gasteiger partial charge in [0, 0.05) is 0 Å². The third-order valence-corrected chi connectivity index (χ3v) is 3.50. The molecule has 0 aromatic heterocycles. The smallest absolute Gasteiger partial charge is 0.312 e. The van der Waals surface area contributed by atoms with Crippen LogP contribution in [0.5, 0.6) is 0 Å². The lowest BCUT2D eigenvalue weighted by Crippen LogP contribution is -2.45. The summed E-state index contributed by atoms with van der Waals surface area (Å²) in [5.41, 5.74) is -0.360. The minimum Gasteiger partial charge on any atom is -0.312 e. The van der Waals surface area contributed by atoms with Crippen LogP contribution in [0.3, 0.4) is 0 Å². The van der Waals surface area contributed by atoms with Crippen molar-refractivity contribution in [3.63, 3.8) is 0 Å². The van der Waals surface area contributed by atoms with Gasteiger partial charge in [-0.1, -0.05) is 35.3 Å². The summed E-state index contributed by atoms with van der Waals surface area (Å²) in [6, 6.07) is 1.50. The maximum absolute atomic E-state index is 12.7. The van der Waals surface area contributed by atoms with Crippen molar-refractivity contribution in [2.24, 2.45) is 5.92 Å². The number of rotatable bonds is 3. The first-order valence-electron chi connectivity index (χ1n) is 5.24. The van der Waals surface area contributed by atoms with E-state index in [0.29, 0.717) is 0 Å². The van der Waals surface area contributed by atoms with E-state index in [9.17, 15) is 26.3 Å². The Morgan fingerprint density at radius 2 is 1.50 bits per heavy atom. The molecule has 0 radical (unpaired) electrons. The van der Waals surface area contributed by atoms with Crippen molar-refractivity contribution in [1.29, 1.82) is 0 Å². The van der Waals surface area contributed by atoms with Crippen molar-refractivity contribution in [3.05, 3.63) is 33.8 Å². The average molecular weight is 340 g/mol. The lowest BCUT2D eigenvalue weighted by atomic mass is 9.91. The molecule has 0 saturated carbocycles. The number of hydrogen-bond acceptors (Lipinski definition) is 1. The van der Waals surface area contributed by atoms with Gasteiger partial charge < -0.3 is 5.32 Å².